The van der Waals surface area contributed by atoms with Crippen LogP contribution in [0.3, 0.4) is 0 Å². The van der Waals surface area contributed by atoms with Gasteiger partial charge in [0.2, 0.25) is 0 Å². The lowest BCUT2D eigenvalue weighted by Crippen LogP contribution is -2.36. The highest BCUT2D eigenvalue weighted by molar-refractivity contribution is 6.11. The van der Waals surface area contributed by atoms with Crippen LogP contribution < -0.4 is 10.6 Å². The lowest BCUT2D eigenvalue weighted by molar-refractivity contribution is 0.122. The average molecular weight is 363 g/mol. The van der Waals surface area contributed by atoms with Crippen LogP contribution in [0.5, 0.6) is 0 Å². The van der Waals surface area contributed by atoms with Gasteiger partial charge in [-0.1, -0.05) is 6.07 Å². The van der Waals surface area contributed by atoms with Crippen LogP contribution in [0.25, 0.3) is 22.3 Å². The van der Waals surface area contributed by atoms with Gasteiger partial charge >= 0.3 is 0 Å². The van der Waals surface area contributed by atoms with E-state index in [-0.39, 0.29) is 0 Å². The highest BCUT2D eigenvalue weighted by Gasteiger charge is 2.16. The fourth-order valence-electron chi connectivity index (χ4n) is 3.20. The van der Waals surface area contributed by atoms with Gasteiger partial charge in [-0.05, 0) is 24.4 Å². The lowest BCUT2D eigenvalue weighted by atomic mass is 10.1. The number of aromatic nitrogens is 4. The third-order valence-electron chi connectivity index (χ3n) is 4.58. The first-order valence-electron chi connectivity index (χ1n) is 8.79. The van der Waals surface area contributed by atoms with Gasteiger partial charge in [-0.15, -0.1) is 0 Å². The van der Waals surface area contributed by atoms with E-state index in [4.69, 9.17) is 10.5 Å². The summed E-state index contributed by atoms with van der Waals surface area (Å²) >= 11 is 0. The number of H-pyrrole nitrogens is 1. The molecule has 1 fully saturated rings. The van der Waals surface area contributed by atoms with Gasteiger partial charge in [0.1, 0.15) is 17.8 Å². The Morgan fingerprint density at radius 2 is 2.11 bits per heavy atom. The number of allylic oxidation sites excluding steroid dienone is 1. The molecule has 27 heavy (non-hydrogen) atoms. The fraction of sp³-hybridized carbons (Fsp3) is 0.263. The number of benzene rings is 1. The number of ether oxygens (including phenoxy) is 1. The summed E-state index contributed by atoms with van der Waals surface area (Å²) in [6.07, 6.45) is 4.85. The maximum absolute atomic E-state index is 5.53. The first-order chi connectivity index (χ1) is 13.3. The molecule has 0 bridgehead atoms. The predicted molar refractivity (Wildman–Crippen MR) is 106 cm³/mol. The average Bonchev–Trinajstić information content (AvgIpc) is 3.16. The first kappa shape index (κ1) is 17.2. The summed E-state index contributed by atoms with van der Waals surface area (Å²) in [5.41, 5.74) is 9.81. The van der Waals surface area contributed by atoms with E-state index >= 15 is 0 Å². The number of aromatic amines is 1. The van der Waals surface area contributed by atoms with Crippen LogP contribution in [0.15, 0.2) is 47.9 Å². The summed E-state index contributed by atoms with van der Waals surface area (Å²) < 4.78 is 5.42. The summed E-state index contributed by atoms with van der Waals surface area (Å²) in [7, 11) is 1.74. The van der Waals surface area contributed by atoms with Crippen molar-refractivity contribution in [2.45, 2.75) is 0 Å². The normalized spacial score (nSPS) is 15.7. The molecule has 2 aromatic heterocycles. The van der Waals surface area contributed by atoms with Crippen molar-refractivity contribution in [2.75, 3.05) is 38.3 Å². The van der Waals surface area contributed by atoms with Crippen molar-refractivity contribution < 1.29 is 4.74 Å². The number of anilines is 1. The van der Waals surface area contributed by atoms with Crippen molar-refractivity contribution in [1.82, 2.24) is 20.2 Å². The monoisotopic (exact) mass is 363 g/mol. The van der Waals surface area contributed by atoms with Crippen LogP contribution in [0.2, 0.25) is 0 Å². The Bertz CT molecular complexity index is 1000. The predicted octanol–water partition coefficient (Wildman–Crippen LogP) is 1.75. The maximum Gasteiger partial charge on any atom is 0.132 e. The molecule has 8 heteroatoms. The van der Waals surface area contributed by atoms with Crippen LogP contribution >= 0.6 is 0 Å². The highest BCUT2D eigenvalue weighted by Crippen LogP contribution is 2.28. The molecule has 0 radical (unpaired) electrons. The molecule has 0 saturated carbocycles. The smallest absolute Gasteiger partial charge is 0.132 e. The Balaban J connectivity index is 1.75. The fourth-order valence-corrected chi connectivity index (χ4v) is 3.20. The number of nitrogens with one attached hydrogen (secondary N) is 1. The zero-order valence-electron chi connectivity index (χ0n) is 15.1. The molecule has 0 atom stereocenters. The number of aliphatic imine (C=N–C) groups is 1. The van der Waals surface area contributed by atoms with E-state index < -0.39 is 0 Å². The van der Waals surface area contributed by atoms with Crippen LogP contribution in [0.4, 0.5) is 5.82 Å². The molecular formula is C19H21N7O. The lowest BCUT2D eigenvalue weighted by Gasteiger charge is -2.27. The maximum atomic E-state index is 5.53. The number of hydrogen-bond acceptors (Lipinski definition) is 7. The molecule has 1 aromatic carbocycles. The number of nitrogens with two attached hydrogens (primary N) is 1. The van der Waals surface area contributed by atoms with Crippen molar-refractivity contribution in [3.05, 3.63) is 48.4 Å². The van der Waals surface area contributed by atoms with E-state index in [1.807, 2.05) is 24.3 Å². The third-order valence-corrected chi connectivity index (χ3v) is 4.58. The van der Waals surface area contributed by atoms with Crippen molar-refractivity contribution in [2.24, 2.45) is 10.7 Å². The summed E-state index contributed by atoms with van der Waals surface area (Å²) in [6.45, 7) is 3.07. The second-order valence-corrected chi connectivity index (χ2v) is 6.16. The van der Waals surface area contributed by atoms with Crippen molar-refractivity contribution in [1.29, 1.82) is 0 Å². The van der Waals surface area contributed by atoms with Gasteiger partial charge in [-0.3, -0.25) is 10.1 Å². The van der Waals surface area contributed by atoms with Crippen LogP contribution in [-0.2, 0) is 4.74 Å². The molecule has 4 rings (SSSR count). The van der Waals surface area contributed by atoms with E-state index in [1.165, 1.54) is 6.20 Å². The third kappa shape index (κ3) is 3.39. The van der Waals surface area contributed by atoms with E-state index in [2.05, 4.69) is 30.1 Å². The van der Waals surface area contributed by atoms with E-state index in [0.717, 1.165) is 52.5 Å². The summed E-state index contributed by atoms with van der Waals surface area (Å²) in [5.74, 6) is 0.887. The molecule has 1 aliphatic rings. The molecule has 0 spiro atoms. The highest BCUT2D eigenvalue weighted by atomic mass is 16.5. The van der Waals surface area contributed by atoms with Crippen LogP contribution in [-0.4, -0.2) is 59.2 Å². The van der Waals surface area contributed by atoms with Gasteiger partial charge in [-0.2, -0.15) is 5.10 Å². The summed E-state index contributed by atoms with van der Waals surface area (Å²) in [6, 6.07) is 8.00. The van der Waals surface area contributed by atoms with Gasteiger partial charge in [-0.25, -0.2) is 9.97 Å². The molecule has 0 unspecified atom stereocenters. The number of rotatable bonds is 4. The Labute approximate surface area is 156 Å². The van der Waals surface area contributed by atoms with Crippen LogP contribution in [0, 0.1) is 0 Å². The molecule has 0 aliphatic carbocycles. The van der Waals surface area contributed by atoms with Gasteiger partial charge in [0.15, 0.2) is 0 Å². The van der Waals surface area contributed by atoms with E-state index in [9.17, 15) is 0 Å². The number of fused-ring (bicyclic) bond motifs is 1. The van der Waals surface area contributed by atoms with E-state index in [1.54, 1.807) is 19.5 Å². The summed E-state index contributed by atoms with van der Waals surface area (Å²) in [4.78, 5) is 15.3. The Hall–Kier alpha value is -3.26. The second kappa shape index (κ2) is 7.55. The number of hydrogen-bond donors (Lipinski definition) is 2. The first-order valence-corrected chi connectivity index (χ1v) is 8.79. The standard InChI is InChI=1S/C19H21N7O/c1-21-15(4-5-20)13-2-3-16-14(10-13)19(25-24-16)17-11-18(23-12-22-17)26-6-8-27-9-7-26/h2-5,10-12H,6-9,20H2,1H3,(H,24,25). The minimum atomic E-state index is 0.710. The largest absolute Gasteiger partial charge is 0.405 e. The minimum Gasteiger partial charge on any atom is -0.405 e. The molecule has 3 heterocycles. The van der Waals surface area contributed by atoms with Crippen molar-refractivity contribution in [3.8, 4) is 11.4 Å². The molecule has 3 aromatic rings. The molecule has 1 aliphatic heterocycles. The van der Waals surface area contributed by atoms with Gasteiger partial charge < -0.3 is 15.4 Å². The molecule has 138 valence electrons. The van der Waals surface area contributed by atoms with Gasteiger partial charge in [0.05, 0.1) is 30.1 Å². The molecule has 0 amide bonds. The van der Waals surface area contributed by atoms with Crippen molar-refractivity contribution >= 4 is 22.4 Å². The van der Waals surface area contributed by atoms with E-state index in [0.29, 0.717) is 13.2 Å². The molecule has 1 saturated heterocycles. The van der Waals surface area contributed by atoms with Gasteiger partial charge in [0.25, 0.3) is 0 Å². The van der Waals surface area contributed by atoms with Crippen molar-refractivity contribution in [3.63, 3.8) is 0 Å². The summed E-state index contributed by atoms with van der Waals surface area (Å²) in [5, 5.41) is 8.54. The quantitative estimate of drug-likeness (QED) is 0.684. The molecule has 3 N–H and O–H groups in total. The molecule has 8 nitrogen and oxygen atoms in total. The zero-order chi connectivity index (χ0) is 18.6. The second-order valence-electron chi connectivity index (χ2n) is 6.16. The zero-order valence-corrected chi connectivity index (χ0v) is 15.1. The Morgan fingerprint density at radius 3 is 2.89 bits per heavy atom. The minimum absolute atomic E-state index is 0.710. The number of morpholine rings is 1. The van der Waals surface area contributed by atoms with Gasteiger partial charge in [0, 0.05) is 37.2 Å². The topological polar surface area (TPSA) is 105 Å². The number of nitrogens with zero attached hydrogens (tertiary/aromatic N) is 5. The molecular weight excluding hydrogens is 342 g/mol. The Kier molecular flexibility index (Phi) is 4.80. The Morgan fingerprint density at radius 1 is 1.26 bits per heavy atom. The van der Waals surface area contributed by atoms with Crippen LogP contribution in [0.1, 0.15) is 5.56 Å². The SMILES string of the molecule is CN=C(C=CN)c1ccc2[nH]nc(-c3cc(N4CCOCC4)ncn3)c2c1.